The minimum Gasteiger partial charge on any atom is -0.444 e. The van der Waals surface area contributed by atoms with Gasteiger partial charge in [-0.2, -0.15) is 0 Å². The molecule has 5 nitrogen and oxygen atoms in total. The third-order valence-corrected chi connectivity index (χ3v) is 5.06. The fourth-order valence-electron chi connectivity index (χ4n) is 3.47. The second-order valence-corrected chi connectivity index (χ2v) is 6.89. The molecule has 4 rings (SSSR count). The minimum absolute atomic E-state index is 0.0371. The molecule has 27 heavy (non-hydrogen) atoms. The molecule has 1 aliphatic heterocycles. The number of hydrogen-bond donors (Lipinski definition) is 2. The molecule has 3 aromatic rings. The Morgan fingerprint density at radius 2 is 1.89 bits per heavy atom. The van der Waals surface area contributed by atoms with Crippen LogP contribution in [0.1, 0.15) is 34.5 Å². The van der Waals surface area contributed by atoms with Gasteiger partial charge in [-0.15, -0.1) is 0 Å². The first-order valence-electron chi connectivity index (χ1n) is 9.23. The van der Waals surface area contributed by atoms with Gasteiger partial charge in [-0.1, -0.05) is 42.5 Å². The van der Waals surface area contributed by atoms with Crippen molar-refractivity contribution >= 4 is 5.78 Å². The number of aliphatic hydroxyl groups excluding tert-OH is 1. The van der Waals surface area contributed by atoms with Crippen LogP contribution in [-0.4, -0.2) is 28.0 Å². The summed E-state index contributed by atoms with van der Waals surface area (Å²) >= 11 is 0. The zero-order valence-electron chi connectivity index (χ0n) is 15.0. The first-order chi connectivity index (χ1) is 13.2. The molecule has 2 atom stereocenters. The molecule has 0 unspecified atom stereocenters. The van der Waals surface area contributed by atoms with Crippen LogP contribution in [0.2, 0.25) is 0 Å². The second-order valence-electron chi connectivity index (χ2n) is 6.89. The summed E-state index contributed by atoms with van der Waals surface area (Å²) in [6, 6.07) is 17.7. The summed E-state index contributed by atoms with van der Waals surface area (Å²) in [6.07, 6.45) is 2.22. The minimum atomic E-state index is -0.581. The predicted octanol–water partition coefficient (Wildman–Crippen LogP) is 3.38. The van der Waals surface area contributed by atoms with Gasteiger partial charge in [-0.25, -0.2) is 4.98 Å². The number of ketones is 1. The highest BCUT2D eigenvalue weighted by molar-refractivity contribution is 5.94. The number of oxazole rings is 1. The van der Waals surface area contributed by atoms with Crippen molar-refractivity contribution < 1.29 is 14.3 Å². The lowest BCUT2D eigenvalue weighted by molar-refractivity contribution is 0.0873. The van der Waals surface area contributed by atoms with Gasteiger partial charge in [-0.05, 0) is 36.1 Å². The third-order valence-electron chi connectivity index (χ3n) is 5.06. The van der Waals surface area contributed by atoms with Gasteiger partial charge in [0, 0.05) is 24.6 Å². The lowest BCUT2D eigenvalue weighted by atomic mass is 9.91. The van der Waals surface area contributed by atoms with Crippen LogP contribution in [0.5, 0.6) is 0 Å². The molecule has 1 aliphatic rings. The van der Waals surface area contributed by atoms with E-state index in [1.807, 2.05) is 42.5 Å². The summed E-state index contributed by atoms with van der Waals surface area (Å²) in [5.41, 5.74) is 3.67. The van der Waals surface area contributed by atoms with Gasteiger partial charge in [0.2, 0.25) is 5.89 Å². The van der Waals surface area contributed by atoms with E-state index in [1.54, 1.807) is 0 Å². The molecule has 138 valence electrons. The monoisotopic (exact) mass is 362 g/mol. The van der Waals surface area contributed by atoms with Crippen LogP contribution < -0.4 is 5.32 Å². The van der Waals surface area contributed by atoms with E-state index in [2.05, 4.69) is 22.4 Å². The fourth-order valence-corrected chi connectivity index (χ4v) is 3.47. The van der Waals surface area contributed by atoms with Crippen molar-refractivity contribution in [3.8, 4) is 11.5 Å². The Labute approximate surface area is 158 Å². The van der Waals surface area contributed by atoms with Crippen molar-refractivity contribution in [1.82, 2.24) is 10.3 Å². The molecule has 0 bridgehead atoms. The van der Waals surface area contributed by atoms with Gasteiger partial charge in [0.15, 0.2) is 5.78 Å². The number of rotatable bonds is 6. The van der Waals surface area contributed by atoms with Gasteiger partial charge < -0.3 is 14.8 Å². The zero-order chi connectivity index (χ0) is 18.6. The number of nitrogens with one attached hydrogen (secondary N) is 1. The Bertz CT molecular complexity index is 920. The number of Topliss-reactive ketones (excluding diaryl/α,β-unsaturated/α-hetero) is 1. The van der Waals surface area contributed by atoms with Crippen LogP contribution in [-0.2, 0) is 13.0 Å². The summed E-state index contributed by atoms with van der Waals surface area (Å²) in [4.78, 5) is 16.7. The maximum Gasteiger partial charge on any atom is 0.226 e. The van der Waals surface area contributed by atoms with Gasteiger partial charge in [-0.3, -0.25) is 4.79 Å². The highest BCUT2D eigenvalue weighted by atomic mass is 16.3. The van der Waals surface area contributed by atoms with Crippen molar-refractivity contribution in [2.75, 3.05) is 0 Å². The van der Waals surface area contributed by atoms with Gasteiger partial charge >= 0.3 is 0 Å². The Hall–Kier alpha value is -2.76. The van der Waals surface area contributed by atoms with E-state index in [0.29, 0.717) is 18.0 Å². The van der Waals surface area contributed by atoms with E-state index >= 15 is 0 Å². The van der Waals surface area contributed by atoms with Crippen LogP contribution in [0.15, 0.2) is 65.3 Å². The second kappa shape index (κ2) is 7.86. The Kier molecular flexibility index (Phi) is 5.14. The lowest BCUT2D eigenvalue weighted by Crippen LogP contribution is -2.44. The van der Waals surface area contributed by atoms with E-state index in [-0.39, 0.29) is 18.2 Å². The van der Waals surface area contributed by atoms with Crippen LogP contribution in [0.4, 0.5) is 0 Å². The SMILES string of the molecule is O=C(CC[C@@H](O)[C@@H]1Cc2ccccc2CN1)c1coc(-c2ccccc2)n1. The summed E-state index contributed by atoms with van der Waals surface area (Å²) in [6.45, 7) is 0.746. The Morgan fingerprint density at radius 3 is 2.70 bits per heavy atom. The first-order valence-corrected chi connectivity index (χ1v) is 9.23. The molecule has 5 heteroatoms. The fraction of sp³-hybridized carbons (Fsp3) is 0.273. The van der Waals surface area contributed by atoms with Crippen LogP contribution in [0.3, 0.4) is 0 Å². The number of aromatic nitrogens is 1. The summed E-state index contributed by atoms with van der Waals surface area (Å²) in [5, 5.41) is 13.9. The van der Waals surface area contributed by atoms with Crippen molar-refractivity contribution in [2.24, 2.45) is 0 Å². The van der Waals surface area contributed by atoms with E-state index in [9.17, 15) is 9.90 Å². The Morgan fingerprint density at radius 1 is 1.15 bits per heavy atom. The van der Waals surface area contributed by atoms with Crippen LogP contribution in [0, 0.1) is 0 Å². The number of carbonyl (C=O) groups is 1. The van der Waals surface area contributed by atoms with Crippen molar-refractivity contribution in [1.29, 1.82) is 0 Å². The topological polar surface area (TPSA) is 75.4 Å². The highest BCUT2D eigenvalue weighted by Gasteiger charge is 2.25. The van der Waals surface area contributed by atoms with Gasteiger partial charge in [0.05, 0.1) is 6.10 Å². The van der Waals surface area contributed by atoms with Gasteiger partial charge in [0.25, 0.3) is 0 Å². The average molecular weight is 362 g/mol. The van der Waals surface area contributed by atoms with E-state index in [0.717, 1.165) is 18.5 Å². The van der Waals surface area contributed by atoms with Crippen LogP contribution >= 0.6 is 0 Å². The summed E-state index contributed by atoms with van der Waals surface area (Å²) in [5.74, 6) is 0.321. The number of nitrogens with zero attached hydrogens (tertiary/aromatic N) is 1. The lowest BCUT2D eigenvalue weighted by Gasteiger charge is -2.29. The summed E-state index contributed by atoms with van der Waals surface area (Å²) < 4.78 is 5.43. The molecule has 0 fully saturated rings. The predicted molar refractivity (Wildman–Crippen MR) is 102 cm³/mol. The van der Waals surface area contributed by atoms with Crippen molar-refractivity contribution in [3.63, 3.8) is 0 Å². The highest BCUT2D eigenvalue weighted by Crippen LogP contribution is 2.21. The van der Waals surface area contributed by atoms with Crippen LogP contribution in [0.25, 0.3) is 11.5 Å². The number of benzene rings is 2. The van der Waals surface area contributed by atoms with Crippen molar-refractivity contribution in [2.45, 2.75) is 38.0 Å². The third kappa shape index (κ3) is 3.99. The van der Waals surface area contributed by atoms with E-state index in [1.165, 1.54) is 17.4 Å². The summed E-state index contributed by atoms with van der Waals surface area (Å²) in [7, 11) is 0. The molecule has 0 amide bonds. The normalized spacial score (nSPS) is 17.3. The van der Waals surface area contributed by atoms with Gasteiger partial charge in [0.1, 0.15) is 12.0 Å². The molecule has 1 aromatic heterocycles. The smallest absolute Gasteiger partial charge is 0.226 e. The Balaban J connectivity index is 1.34. The molecule has 2 N–H and O–H groups in total. The van der Waals surface area contributed by atoms with Crippen molar-refractivity contribution in [3.05, 3.63) is 77.7 Å². The number of carbonyl (C=O) groups excluding carboxylic acids is 1. The molecule has 0 radical (unpaired) electrons. The van der Waals surface area contributed by atoms with E-state index < -0.39 is 6.10 Å². The molecular formula is C22H22N2O3. The number of aliphatic hydroxyl groups is 1. The maximum atomic E-state index is 12.4. The molecule has 0 saturated heterocycles. The molecule has 2 heterocycles. The van der Waals surface area contributed by atoms with E-state index in [4.69, 9.17) is 4.42 Å². The molecule has 0 saturated carbocycles. The molecular weight excluding hydrogens is 340 g/mol. The quantitative estimate of drug-likeness (QED) is 0.658. The zero-order valence-corrected chi connectivity index (χ0v) is 15.0. The standard InChI is InChI=1S/C22H22N2O3/c25-20(18-12-16-8-4-5-9-17(16)13-23-18)10-11-21(26)19-14-27-22(24-19)15-6-2-1-3-7-15/h1-9,14,18,20,23,25H,10-13H2/t18-,20+/m0/s1. The maximum absolute atomic E-state index is 12.4. The first kappa shape index (κ1) is 17.6. The molecule has 0 aliphatic carbocycles. The largest absolute Gasteiger partial charge is 0.444 e. The molecule has 2 aromatic carbocycles. The number of fused-ring (bicyclic) bond motifs is 1. The number of hydrogen-bond acceptors (Lipinski definition) is 5. The molecule has 0 spiro atoms. The average Bonchev–Trinajstić information content (AvgIpc) is 3.22.